The maximum absolute atomic E-state index is 8.83. The monoisotopic (exact) mass is 289 g/mol. The fourth-order valence-corrected chi connectivity index (χ4v) is 2.34. The number of hydrogen-bond donors (Lipinski definition) is 1. The largest absolute Gasteiger partial charge is 0.335 e. The predicted octanol–water partition coefficient (Wildman–Crippen LogP) is 4.44. The lowest BCUT2D eigenvalue weighted by Crippen LogP contribution is -2.07. The molecule has 0 spiro atoms. The zero-order valence-electron chi connectivity index (χ0n) is 12.6. The minimum absolute atomic E-state index is 0.711. The molecule has 1 aliphatic rings. The molecule has 1 heterocycles. The molecule has 1 aromatic rings. The van der Waals surface area contributed by atoms with Crippen molar-refractivity contribution in [1.29, 1.82) is 5.26 Å². The summed E-state index contributed by atoms with van der Waals surface area (Å²) in [6, 6.07) is 7.88. The van der Waals surface area contributed by atoms with Gasteiger partial charge < -0.3 is 5.32 Å². The molecule has 0 saturated carbocycles. The van der Waals surface area contributed by atoms with Gasteiger partial charge in [-0.3, -0.25) is 4.99 Å². The van der Waals surface area contributed by atoms with Gasteiger partial charge in [0.1, 0.15) is 0 Å². The first-order valence-corrected chi connectivity index (χ1v) is 8.20. The Hall–Kier alpha value is -1.47. The average molecular weight is 289 g/mol. The van der Waals surface area contributed by atoms with Gasteiger partial charge in [0.25, 0.3) is 0 Å². The molecular formula is C16H23N3S. The van der Waals surface area contributed by atoms with E-state index in [4.69, 9.17) is 5.26 Å². The third-order valence-corrected chi connectivity index (χ3v) is 3.83. The van der Waals surface area contributed by atoms with Gasteiger partial charge in [-0.05, 0) is 30.2 Å². The van der Waals surface area contributed by atoms with Gasteiger partial charge in [0, 0.05) is 11.4 Å². The second-order valence-electron chi connectivity index (χ2n) is 4.50. The highest BCUT2D eigenvalue weighted by Gasteiger charge is 2.09. The molecule has 3 nitrogen and oxygen atoms in total. The maximum atomic E-state index is 8.83. The normalized spacial score (nSPS) is 13.0. The van der Waals surface area contributed by atoms with Crippen LogP contribution in [0.1, 0.15) is 44.7 Å². The molecule has 0 unspecified atom stereocenters. The van der Waals surface area contributed by atoms with E-state index >= 15 is 0 Å². The van der Waals surface area contributed by atoms with E-state index < -0.39 is 0 Å². The molecule has 108 valence electrons. The maximum Gasteiger partial charge on any atom is 0.161 e. The van der Waals surface area contributed by atoms with E-state index in [1.165, 1.54) is 12.8 Å². The van der Waals surface area contributed by atoms with Gasteiger partial charge in [0.05, 0.1) is 18.2 Å². The quantitative estimate of drug-likeness (QED) is 0.894. The first-order chi connectivity index (χ1) is 9.74. The number of amidine groups is 1. The topological polar surface area (TPSA) is 48.2 Å². The van der Waals surface area contributed by atoms with E-state index in [0.29, 0.717) is 5.56 Å². The molecule has 20 heavy (non-hydrogen) atoms. The van der Waals surface area contributed by atoms with Crippen LogP contribution in [0.4, 0.5) is 5.69 Å². The molecule has 1 aliphatic heterocycles. The molecule has 4 heteroatoms. The fourth-order valence-electron chi connectivity index (χ4n) is 1.60. The molecule has 0 amide bonds. The Balaban J connectivity index is 0.000000444. The summed E-state index contributed by atoms with van der Waals surface area (Å²) in [6.07, 6.45) is 3.55. The average Bonchev–Trinajstić information content (AvgIpc) is 3.01. The van der Waals surface area contributed by atoms with Crippen molar-refractivity contribution in [3.63, 3.8) is 0 Å². The van der Waals surface area contributed by atoms with Crippen LogP contribution >= 0.6 is 11.8 Å². The van der Waals surface area contributed by atoms with Gasteiger partial charge in [0.2, 0.25) is 0 Å². The van der Waals surface area contributed by atoms with Gasteiger partial charge in [-0.25, -0.2) is 0 Å². The van der Waals surface area contributed by atoms with Crippen LogP contribution in [0.5, 0.6) is 0 Å². The number of benzene rings is 1. The number of aliphatic imine (C=N–C) groups is 1. The molecule has 2 rings (SSSR count). The summed E-state index contributed by atoms with van der Waals surface area (Å²) < 4.78 is 0. The third kappa shape index (κ3) is 5.26. The molecule has 1 N–H and O–H groups in total. The van der Waals surface area contributed by atoms with Crippen molar-refractivity contribution < 1.29 is 0 Å². The molecule has 0 radical (unpaired) electrons. The van der Waals surface area contributed by atoms with Crippen molar-refractivity contribution in [2.24, 2.45) is 4.99 Å². The molecule has 1 aromatic carbocycles. The Morgan fingerprint density at radius 1 is 1.30 bits per heavy atom. The minimum Gasteiger partial charge on any atom is -0.335 e. The number of unbranched alkanes of at least 4 members (excludes halogenated alkanes) is 1. The summed E-state index contributed by atoms with van der Waals surface area (Å²) in [4.78, 5) is 4.35. The van der Waals surface area contributed by atoms with Crippen LogP contribution in [0.25, 0.3) is 0 Å². The van der Waals surface area contributed by atoms with Crippen LogP contribution in [-0.4, -0.2) is 17.5 Å². The summed E-state index contributed by atoms with van der Waals surface area (Å²) in [5.41, 5.74) is 2.94. The lowest BCUT2D eigenvalue weighted by atomic mass is 10.1. The van der Waals surface area contributed by atoms with Crippen molar-refractivity contribution in [3.8, 4) is 6.07 Å². The van der Waals surface area contributed by atoms with Crippen LogP contribution in [0.2, 0.25) is 0 Å². The zero-order valence-corrected chi connectivity index (χ0v) is 13.4. The summed E-state index contributed by atoms with van der Waals surface area (Å²) in [5, 5.41) is 13.1. The van der Waals surface area contributed by atoms with Crippen molar-refractivity contribution in [2.75, 3.05) is 17.6 Å². The van der Waals surface area contributed by atoms with Crippen LogP contribution in [0.3, 0.4) is 0 Å². The lowest BCUT2D eigenvalue weighted by Gasteiger charge is -2.10. The standard InChI is InChI=1S/C12H13N3S.C4H10/c1-2-10-7-9(8-13)3-4-11(10)15-12-14-5-6-16-12;1-3-4-2/h3-4,7H,2,5-6H2,1H3,(H,14,15);3-4H2,1-2H3. The van der Waals surface area contributed by atoms with E-state index in [-0.39, 0.29) is 0 Å². The minimum atomic E-state index is 0.711. The van der Waals surface area contributed by atoms with Gasteiger partial charge in [-0.15, -0.1) is 0 Å². The fraction of sp³-hybridized carbons (Fsp3) is 0.500. The molecule has 0 aliphatic carbocycles. The molecule has 0 bridgehead atoms. The Kier molecular flexibility index (Phi) is 7.82. The number of nitrogens with zero attached hydrogens (tertiary/aromatic N) is 2. The van der Waals surface area contributed by atoms with Gasteiger partial charge in [-0.2, -0.15) is 5.26 Å². The summed E-state index contributed by atoms with van der Waals surface area (Å²) >= 11 is 1.74. The van der Waals surface area contributed by atoms with Crippen molar-refractivity contribution in [3.05, 3.63) is 29.3 Å². The second-order valence-corrected chi connectivity index (χ2v) is 5.58. The summed E-state index contributed by atoms with van der Waals surface area (Å²) in [7, 11) is 0. The van der Waals surface area contributed by atoms with Crippen molar-refractivity contribution in [1.82, 2.24) is 0 Å². The Labute approximate surface area is 126 Å². The van der Waals surface area contributed by atoms with Crippen LogP contribution < -0.4 is 5.32 Å². The highest BCUT2D eigenvalue weighted by Crippen LogP contribution is 2.21. The summed E-state index contributed by atoms with van der Waals surface area (Å²) in [6.45, 7) is 7.34. The third-order valence-electron chi connectivity index (χ3n) is 2.94. The van der Waals surface area contributed by atoms with Crippen LogP contribution in [-0.2, 0) is 6.42 Å². The van der Waals surface area contributed by atoms with E-state index in [1.807, 2.05) is 18.2 Å². The van der Waals surface area contributed by atoms with Gasteiger partial charge in [0.15, 0.2) is 5.17 Å². The first kappa shape index (κ1) is 16.6. The van der Waals surface area contributed by atoms with Gasteiger partial charge >= 0.3 is 0 Å². The van der Waals surface area contributed by atoms with Crippen LogP contribution in [0.15, 0.2) is 23.2 Å². The number of hydrogen-bond acceptors (Lipinski definition) is 4. The number of nitrogens with one attached hydrogen (secondary N) is 1. The number of rotatable bonds is 3. The first-order valence-electron chi connectivity index (χ1n) is 7.22. The van der Waals surface area contributed by atoms with E-state index in [9.17, 15) is 0 Å². The molecule has 0 saturated heterocycles. The van der Waals surface area contributed by atoms with E-state index in [1.54, 1.807) is 11.8 Å². The van der Waals surface area contributed by atoms with Gasteiger partial charge in [-0.1, -0.05) is 45.4 Å². The Bertz CT molecular complexity index is 487. The molecule has 0 atom stereocenters. The number of aryl methyl sites for hydroxylation is 1. The second kappa shape index (κ2) is 9.44. The van der Waals surface area contributed by atoms with E-state index in [0.717, 1.165) is 35.1 Å². The van der Waals surface area contributed by atoms with Crippen LogP contribution in [0, 0.1) is 11.3 Å². The predicted molar refractivity (Wildman–Crippen MR) is 89.5 cm³/mol. The highest BCUT2D eigenvalue weighted by molar-refractivity contribution is 8.14. The highest BCUT2D eigenvalue weighted by atomic mass is 32.2. The molecular weight excluding hydrogens is 266 g/mol. The molecule has 0 aromatic heterocycles. The molecule has 0 fully saturated rings. The van der Waals surface area contributed by atoms with Crippen molar-refractivity contribution in [2.45, 2.75) is 40.0 Å². The summed E-state index contributed by atoms with van der Waals surface area (Å²) in [5.74, 6) is 1.06. The number of anilines is 1. The Morgan fingerprint density at radius 3 is 2.55 bits per heavy atom. The Morgan fingerprint density at radius 2 is 2.05 bits per heavy atom. The smallest absolute Gasteiger partial charge is 0.161 e. The SMILES string of the molecule is CCCC.CCc1cc(C#N)ccc1NC1=NCCS1. The number of nitriles is 1. The van der Waals surface area contributed by atoms with E-state index in [2.05, 4.69) is 37.1 Å². The lowest BCUT2D eigenvalue weighted by molar-refractivity contribution is 0.886. The zero-order chi connectivity index (χ0) is 14.8. The van der Waals surface area contributed by atoms with Crippen molar-refractivity contribution >= 4 is 22.6 Å². The number of thioether (sulfide) groups is 1.